The van der Waals surface area contributed by atoms with E-state index in [0.29, 0.717) is 0 Å². The molecule has 2 heterocycles. The number of hydrogen-bond donors (Lipinski definition) is 1. The largest absolute Gasteiger partial charge is 0.486 e. The van der Waals surface area contributed by atoms with E-state index in [2.05, 4.69) is 41.6 Å². The number of aromatic nitrogens is 3. The van der Waals surface area contributed by atoms with Crippen LogP contribution in [0.15, 0.2) is 36.7 Å². The van der Waals surface area contributed by atoms with Crippen molar-refractivity contribution in [2.45, 2.75) is 32.0 Å². The highest BCUT2D eigenvalue weighted by Gasteiger charge is 2.40. The predicted octanol–water partition coefficient (Wildman–Crippen LogP) is 1.78. The standard InChI is InChI=1S/C14H18N4O/c1-14(2)13(11-5-3-4-6-12(11)19-14)15-7-9-18-10-8-16-17-18/h3-6,8,10,13,15H,7,9H2,1-2H3. The van der Waals surface area contributed by atoms with Gasteiger partial charge in [0.1, 0.15) is 11.4 Å². The molecule has 0 spiro atoms. The third-order valence-corrected chi connectivity index (χ3v) is 3.46. The number of para-hydroxylation sites is 1. The van der Waals surface area contributed by atoms with E-state index in [0.717, 1.165) is 18.8 Å². The van der Waals surface area contributed by atoms with E-state index >= 15 is 0 Å². The van der Waals surface area contributed by atoms with Crippen LogP contribution in [-0.2, 0) is 6.54 Å². The van der Waals surface area contributed by atoms with E-state index in [-0.39, 0.29) is 11.6 Å². The van der Waals surface area contributed by atoms with Crippen LogP contribution in [0.3, 0.4) is 0 Å². The number of nitrogens with zero attached hydrogens (tertiary/aromatic N) is 3. The van der Waals surface area contributed by atoms with Crippen molar-refractivity contribution in [2.75, 3.05) is 6.54 Å². The van der Waals surface area contributed by atoms with Crippen LogP contribution in [0.5, 0.6) is 5.75 Å². The summed E-state index contributed by atoms with van der Waals surface area (Å²) in [5, 5.41) is 11.3. The van der Waals surface area contributed by atoms with Crippen LogP contribution in [-0.4, -0.2) is 27.1 Å². The molecule has 5 nitrogen and oxygen atoms in total. The summed E-state index contributed by atoms with van der Waals surface area (Å²) in [5.41, 5.74) is 0.998. The van der Waals surface area contributed by atoms with Gasteiger partial charge in [0.25, 0.3) is 0 Å². The lowest BCUT2D eigenvalue weighted by Crippen LogP contribution is -2.40. The Morgan fingerprint density at radius 1 is 1.37 bits per heavy atom. The molecule has 1 aliphatic heterocycles. The third kappa shape index (κ3) is 2.33. The summed E-state index contributed by atoms with van der Waals surface area (Å²) >= 11 is 0. The van der Waals surface area contributed by atoms with E-state index in [1.807, 2.05) is 23.0 Å². The molecule has 0 fully saturated rings. The Balaban J connectivity index is 1.69. The first-order valence-electron chi connectivity index (χ1n) is 6.52. The van der Waals surface area contributed by atoms with Crippen LogP contribution >= 0.6 is 0 Å². The van der Waals surface area contributed by atoms with Crippen molar-refractivity contribution in [1.29, 1.82) is 0 Å². The lowest BCUT2D eigenvalue weighted by atomic mass is 9.94. The molecule has 3 rings (SSSR count). The zero-order valence-electron chi connectivity index (χ0n) is 11.2. The Morgan fingerprint density at radius 2 is 2.21 bits per heavy atom. The zero-order chi connectivity index (χ0) is 13.3. The number of fused-ring (bicyclic) bond motifs is 1. The summed E-state index contributed by atoms with van der Waals surface area (Å²) in [6, 6.07) is 8.41. The molecule has 1 aliphatic rings. The Hall–Kier alpha value is -1.88. The van der Waals surface area contributed by atoms with Crippen LogP contribution in [0.1, 0.15) is 25.5 Å². The number of rotatable bonds is 4. The smallest absolute Gasteiger partial charge is 0.125 e. The van der Waals surface area contributed by atoms with Gasteiger partial charge in [-0.15, -0.1) is 5.10 Å². The van der Waals surface area contributed by atoms with Crippen molar-refractivity contribution in [1.82, 2.24) is 20.3 Å². The molecule has 0 amide bonds. The van der Waals surface area contributed by atoms with Crippen molar-refractivity contribution in [3.63, 3.8) is 0 Å². The number of nitrogens with one attached hydrogen (secondary N) is 1. The van der Waals surface area contributed by atoms with Crippen LogP contribution in [0.25, 0.3) is 0 Å². The molecule has 0 bridgehead atoms. The Bertz CT molecular complexity index is 550. The molecule has 0 saturated carbocycles. The van der Waals surface area contributed by atoms with Crippen molar-refractivity contribution in [3.8, 4) is 5.75 Å². The maximum atomic E-state index is 6.00. The van der Waals surface area contributed by atoms with Gasteiger partial charge in [0.05, 0.1) is 18.8 Å². The highest BCUT2D eigenvalue weighted by atomic mass is 16.5. The first-order chi connectivity index (χ1) is 9.17. The second kappa shape index (κ2) is 4.66. The molecule has 19 heavy (non-hydrogen) atoms. The molecule has 1 atom stereocenters. The molecule has 1 unspecified atom stereocenters. The second-order valence-electron chi connectivity index (χ2n) is 5.30. The van der Waals surface area contributed by atoms with Crippen molar-refractivity contribution in [3.05, 3.63) is 42.2 Å². The molecule has 1 aromatic heterocycles. The molecular formula is C14H18N4O. The lowest BCUT2D eigenvalue weighted by molar-refractivity contribution is 0.0960. The van der Waals surface area contributed by atoms with E-state index in [4.69, 9.17) is 4.74 Å². The van der Waals surface area contributed by atoms with Gasteiger partial charge in [-0.3, -0.25) is 4.68 Å². The first kappa shape index (κ1) is 12.2. The lowest BCUT2D eigenvalue weighted by Gasteiger charge is -2.27. The van der Waals surface area contributed by atoms with Crippen molar-refractivity contribution in [2.24, 2.45) is 0 Å². The van der Waals surface area contributed by atoms with Gasteiger partial charge >= 0.3 is 0 Å². The SMILES string of the molecule is CC1(C)Oc2ccccc2C1NCCn1ccnn1. The van der Waals surface area contributed by atoms with Gasteiger partial charge in [-0.1, -0.05) is 23.4 Å². The molecule has 5 heteroatoms. The molecular weight excluding hydrogens is 240 g/mol. The summed E-state index contributed by atoms with van der Waals surface area (Å²) in [6.07, 6.45) is 3.56. The van der Waals surface area contributed by atoms with Crippen LogP contribution in [0.4, 0.5) is 0 Å². The van der Waals surface area contributed by atoms with Crippen LogP contribution < -0.4 is 10.1 Å². The van der Waals surface area contributed by atoms with E-state index in [1.54, 1.807) is 6.20 Å². The maximum Gasteiger partial charge on any atom is 0.125 e. The van der Waals surface area contributed by atoms with Gasteiger partial charge in [0.15, 0.2) is 0 Å². The third-order valence-electron chi connectivity index (χ3n) is 3.46. The van der Waals surface area contributed by atoms with Gasteiger partial charge in [-0.05, 0) is 19.9 Å². The van der Waals surface area contributed by atoms with Gasteiger partial charge in [0, 0.05) is 18.3 Å². The number of benzene rings is 1. The quantitative estimate of drug-likeness (QED) is 0.908. The summed E-state index contributed by atoms with van der Waals surface area (Å²) in [6.45, 7) is 5.85. The molecule has 100 valence electrons. The summed E-state index contributed by atoms with van der Waals surface area (Å²) in [7, 11) is 0. The monoisotopic (exact) mass is 258 g/mol. The van der Waals surface area contributed by atoms with E-state index in [1.165, 1.54) is 5.56 Å². The summed E-state index contributed by atoms with van der Waals surface area (Å²) in [5.74, 6) is 0.978. The zero-order valence-corrected chi connectivity index (χ0v) is 11.2. The van der Waals surface area contributed by atoms with Gasteiger partial charge < -0.3 is 10.1 Å². The van der Waals surface area contributed by atoms with Crippen molar-refractivity contribution >= 4 is 0 Å². The first-order valence-corrected chi connectivity index (χ1v) is 6.52. The molecule has 0 radical (unpaired) electrons. The fourth-order valence-electron chi connectivity index (χ4n) is 2.56. The van der Waals surface area contributed by atoms with E-state index < -0.39 is 0 Å². The van der Waals surface area contributed by atoms with Crippen LogP contribution in [0, 0.1) is 0 Å². The number of ether oxygens (including phenoxy) is 1. The van der Waals surface area contributed by atoms with Gasteiger partial charge in [0.2, 0.25) is 0 Å². The van der Waals surface area contributed by atoms with Gasteiger partial charge in [-0.2, -0.15) is 0 Å². The Labute approximate surface area is 112 Å². The van der Waals surface area contributed by atoms with Crippen molar-refractivity contribution < 1.29 is 4.74 Å². The molecule has 0 saturated heterocycles. The highest BCUT2D eigenvalue weighted by Crippen LogP contribution is 2.42. The minimum absolute atomic E-state index is 0.201. The highest BCUT2D eigenvalue weighted by molar-refractivity contribution is 5.42. The molecule has 0 aliphatic carbocycles. The van der Waals surface area contributed by atoms with E-state index in [9.17, 15) is 0 Å². The topological polar surface area (TPSA) is 52.0 Å². The summed E-state index contributed by atoms with van der Waals surface area (Å²) < 4.78 is 7.82. The molecule has 1 N–H and O–H groups in total. The predicted molar refractivity (Wildman–Crippen MR) is 71.9 cm³/mol. The summed E-state index contributed by atoms with van der Waals surface area (Å²) in [4.78, 5) is 0. The second-order valence-corrected chi connectivity index (χ2v) is 5.30. The Morgan fingerprint density at radius 3 is 3.00 bits per heavy atom. The maximum absolute atomic E-state index is 6.00. The molecule has 2 aromatic rings. The number of hydrogen-bond acceptors (Lipinski definition) is 4. The average Bonchev–Trinajstić information content (AvgIpc) is 2.96. The van der Waals surface area contributed by atoms with Crippen LogP contribution in [0.2, 0.25) is 0 Å². The average molecular weight is 258 g/mol. The molecule has 1 aromatic carbocycles. The fraction of sp³-hybridized carbons (Fsp3) is 0.429. The fourth-order valence-corrected chi connectivity index (χ4v) is 2.56. The Kier molecular flexibility index (Phi) is 2.98. The normalized spacial score (nSPS) is 20.0. The minimum Gasteiger partial charge on any atom is -0.486 e. The van der Waals surface area contributed by atoms with Gasteiger partial charge in [-0.25, -0.2) is 0 Å². The minimum atomic E-state index is -0.230.